The first-order chi connectivity index (χ1) is 10.9. The van der Waals surface area contributed by atoms with Crippen molar-refractivity contribution in [3.8, 4) is 5.75 Å². The molecule has 0 spiro atoms. The molecule has 3 aliphatic rings. The van der Waals surface area contributed by atoms with Gasteiger partial charge in [0.05, 0.1) is 13.3 Å². The second-order valence-corrected chi connectivity index (χ2v) is 6.66. The van der Waals surface area contributed by atoms with Crippen molar-refractivity contribution in [1.29, 1.82) is 0 Å². The third kappa shape index (κ3) is 3.00. The van der Waals surface area contributed by atoms with Gasteiger partial charge in [0.1, 0.15) is 12.4 Å². The van der Waals surface area contributed by atoms with Gasteiger partial charge in [-0.25, -0.2) is 0 Å². The lowest BCUT2D eigenvalue weighted by Gasteiger charge is -2.24. The summed E-state index contributed by atoms with van der Waals surface area (Å²) in [6.07, 6.45) is 5.22. The fraction of sp³-hybridized carbons (Fsp3) is 0.667. The second kappa shape index (κ2) is 6.57. The molecule has 0 radical (unpaired) electrons. The van der Waals surface area contributed by atoms with Crippen LogP contribution in [0.1, 0.15) is 36.4 Å². The van der Waals surface area contributed by atoms with Crippen molar-refractivity contribution in [3.05, 3.63) is 29.3 Å². The zero-order valence-electron chi connectivity index (χ0n) is 13.3. The zero-order chi connectivity index (χ0) is 14.8. The maximum Gasteiger partial charge on any atom is 0.119 e. The molecular formula is C18H26N2O2. The van der Waals surface area contributed by atoms with E-state index >= 15 is 0 Å². The molecule has 1 atom stereocenters. The van der Waals surface area contributed by atoms with Crippen LogP contribution in [0.3, 0.4) is 0 Å². The summed E-state index contributed by atoms with van der Waals surface area (Å²) < 4.78 is 11.3. The van der Waals surface area contributed by atoms with E-state index in [0.29, 0.717) is 6.04 Å². The Morgan fingerprint density at radius 1 is 1.18 bits per heavy atom. The van der Waals surface area contributed by atoms with Crippen LogP contribution in [0.4, 0.5) is 0 Å². The molecular weight excluding hydrogens is 276 g/mol. The number of nitrogens with zero attached hydrogens (tertiary/aromatic N) is 2. The van der Waals surface area contributed by atoms with Crippen LogP contribution in [0.2, 0.25) is 0 Å². The molecule has 0 amide bonds. The monoisotopic (exact) mass is 302 g/mol. The van der Waals surface area contributed by atoms with Gasteiger partial charge < -0.3 is 9.47 Å². The predicted molar refractivity (Wildman–Crippen MR) is 86.2 cm³/mol. The Bertz CT molecular complexity index is 508. The van der Waals surface area contributed by atoms with Crippen LogP contribution in [0.15, 0.2) is 18.2 Å². The summed E-state index contributed by atoms with van der Waals surface area (Å²) in [5.41, 5.74) is 3.04. The van der Waals surface area contributed by atoms with Crippen LogP contribution >= 0.6 is 0 Å². The highest BCUT2D eigenvalue weighted by atomic mass is 16.5. The van der Waals surface area contributed by atoms with Crippen LogP contribution in [0.5, 0.6) is 5.75 Å². The second-order valence-electron chi connectivity index (χ2n) is 6.66. The van der Waals surface area contributed by atoms with Crippen molar-refractivity contribution in [2.75, 3.05) is 46.1 Å². The number of fused-ring (bicyclic) bond motifs is 1. The third-order valence-corrected chi connectivity index (χ3v) is 5.24. The predicted octanol–water partition coefficient (Wildman–Crippen LogP) is 2.44. The van der Waals surface area contributed by atoms with Gasteiger partial charge in [0, 0.05) is 19.1 Å². The van der Waals surface area contributed by atoms with E-state index in [9.17, 15) is 0 Å². The smallest absolute Gasteiger partial charge is 0.119 e. The highest BCUT2D eigenvalue weighted by molar-refractivity contribution is 5.40. The van der Waals surface area contributed by atoms with Gasteiger partial charge in [-0.05, 0) is 62.0 Å². The maximum absolute atomic E-state index is 5.94. The number of ether oxygens (including phenoxy) is 2. The largest absolute Gasteiger partial charge is 0.492 e. The Morgan fingerprint density at radius 3 is 2.91 bits per heavy atom. The van der Waals surface area contributed by atoms with Gasteiger partial charge in [0.15, 0.2) is 0 Å². The van der Waals surface area contributed by atoms with Gasteiger partial charge in [0.25, 0.3) is 0 Å². The molecule has 2 saturated heterocycles. The molecule has 120 valence electrons. The minimum absolute atomic E-state index is 0.660. The van der Waals surface area contributed by atoms with Gasteiger partial charge in [-0.2, -0.15) is 0 Å². The van der Waals surface area contributed by atoms with Crippen LogP contribution < -0.4 is 4.74 Å². The average Bonchev–Trinajstić information content (AvgIpc) is 3.28. The van der Waals surface area contributed by atoms with Gasteiger partial charge in [-0.1, -0.05) is 6.07 Å². The van der Waals surface area contributed by atoms with Crippen LogP contribution in [0, 0.1) is 0 Å². The van der Waals surface area contributed by atoms with Gasteiger partial charge in [-0.3, -0.25) is 9.80 Å². The Hall–Kier alpha value is -1.10. The van der Waals surface area contributed by atoms with Crippen molar-refractivity contribution in [1.82, 2.24) is 9.80 Å². The Kier molecular flexibility index (Phi) is 4.33. The molecule has 0 aromatic heterocycles. The molecule has 1 aromatic carbocycles. The molecule has 0 N–H and O–H groups in total. The quantitative estimate of drug-likeness (QED) is 0.834. The molecule has 4 rings (SSSR count). The number of benzene rings is 1. The van der Waals surface area contributed by atoms with Gasteiger partial charge >= 0.3 is 0 Å². The van der Waals surface area contributed by atoms with E-state index in [-0.39, 0.29) is 0 Å². The van der Waals surface area contributed by atoms with Crippen LogP contribution in [-0.4, -0.2) is 55.9 Å². The van der Waals surface area contributed by atoms with Gasteiger partial charge in [0.2, 0.25) is 0 Å². The molecule has 4 nitrogen and oxygen atoms in total. The number of likely N-dealkylation sites (tertiary alicyclic amines) is 1. The number of hydrogen-bond acceptors (Lipinski definition) is 4. The maximum atomic E-state index is 5.94. The average molecular weight is 302 g/mol. The summed E-state index contributed by atoms with van der Waals surface area (Å²) in [7, 11) is 0. The molecule has 0 bridgehead atoms. The first-order valence-corrected chi connectivity index (χ1v) is 8.70. The molecule has 2 fully saturated rings. The molecule has 22 heavy (non-hydrogen) atoms. The van der Waals surface area contributed by atoms with Crippen molar-refractivity contribution in [3.63, 3.8) is 0 Å². The fourth-order valence-electron chi connectivity index (χ4n) is 4.01. The summed E-state index contributed by atoms with van der Waals surface area (Å²) in [6, 6.07) is 7.40. The molecule has 0 saturated carbocycles. The summed E-state index contributed by atoms with van der Waals surface area (Å²) in [5.74, 6) is 1.03. The number of rotatable bonds is 5. The normalized spacial score (nSPS) is 25.7. The van der Waals surface area contributed by atoms with Crippen LogP contribution in [-0.2, 0) is 11.2 Å². The number of aryl methyl sites for hydroxylation is 1. The molecule has 4 heteroatoms. The van der Waals surface area contributed by atoms with Crippen LogP contribution in [0.25, 0.3) is 0 Å². The zero-order valence-corrected chi connectivity index (χ0v) is 13.3. The van der Waals surface area contributed by atoms with Gasteiger partial charge in [-0.15, -0.1) is 0 Å². The summed E-state index contributed by atoms with van der Waals surface area (Å²) in [4.78, 5) is 4.95. The Morgan fingerprint density at radius 2 is 2.09 bits per heavy atom. The lowest BCUT2D eigenvalue weighted by atomic mass is 10.1. The third-order valence-electron chi connectivity index (χ3n) is 5.24. The van der Waals surface area contributed by atoms with E-state index in [1.807, 2.05) is 0 Å². The highest BCUT2D eigenvalue weighted by Crippen LogP contribution is 2.38. The van der Waals surface area contributed by atoms with E-state index in [0.717, 1.165) is 38.8 Å². The number of hydrogen-bond donors (Lipinski definition) is 0. The van der Waals surface area contributed by atoms with Crippen molar-refractivity contribution in [2.24, 2.45) is 0 Å². The molecule has 1 unspecified atom stereocenters. The first kappa shape index (κ1) is 14.5. The Labute approximate surface area is 133 Å². The van der Waals surface area contributed by atoms with E-state index in [4.69, 9.17) is 9.47 Å². The first-order valence-electron chi connectivity index (χ1n) is 8.70. The van der Waals surface area contributed by atoms with E-state index in [1.165, 1.54) is 44.3 Å². The van der Waals surface area contributed by atoms with Crippen molar-refractivity contribution < 1.29 is 9.47 Å². The molecule has 1 aliphatic carbocycles. The summed E-state index contributed by atoms with van der Waals surface area (Å²) in [5, 5.41) is 0. The lowest BCUT2D eigenvalue weighted by Crippen LogP contribution is -2.25. The standard InChI is InChI=1S/C18H26N2O2/c1-2-8-20(7-1)18-6-3-15-13-16(4-5-17(15)18)22-12-10-19-9-11-21-14-19/h4-5,13,18H,1-3,6-12,14H2. The lowest BCUT2D eigenvalue weighted by molar-refractivity contribution is 0.129. The van der Waals surface area contributed by atoms with Crippen molar-refractivity contribution >= 4 is 0 Å². The topological polar surface area (TPSA) is 24.9 Å². The molecule has 2 aliphatic heterocycles. The Balaban J connectivity index is 1.35. The van der Waals surface area contributed by atoms with Crippen molar-refractivity contribution in [2.45, 2.75) is 31.7 Å². The summed E-state index contributed by atoms with van der Waals surface area (Å²) >= 11 is 0. The minimum atomic E-state index is 0.660. The SMILES string of the molecule is c1cc2c(cc1OCCN1CCOC1)CCC2N1CCCC1. The van der Waals surface area contributed by atoms with E-state index < -0.39 is 0 Å². The van der Waals surface area contributed by atoms with E-state index in [2.05, 4.69) is 28.0 Å². The molecule has 2 heterocycles. The summed E-state index contributed by atoms with van der Waals surface area (Å²) in [6.45, 7) is 6.90. The minimum Gasteiger partial charge on any atom is -0.492 e. The molecule has 1 aromatic rings. The highest BCUT2D eigenvalue weighted by Gasteiger charge is 2.29. The fourth-order valence-corrected chi connectivity index (χ4v) is 4.01. The van der Waals surface area contributed by atoms with E-state index in [1.54, 1.807) is 5.56 Å².